The van der Waals surface area contributed by atoms with Gasteiger partial charge in [0.05, 0.1) is 17.6 Å². The van der Waals surface area contributed by atoms with E-state index in [1.54, 1.807) is 0 Å². The second kappa shape index (κ2) is 9.10. The van der Waals surface area contributed by atoms with E-state index in [4.69, 9.17) is 5.73 Å². The van der Waals surface area contributed by atoms with Crippen LogP contribution in [0.1, 0.15) is 40.0 Å². The molecule has 1 rings (SSSR count). The monoisotopic (exact) mass is 342 g/mol. The Morgan fingerprint density at radius 3 is 2.46 bits per heavy atom. The first-order valence-electron chi connectivity index (χ1n) is 8.42. The summed E-state index contributed by atoms with van der Waals surface area (Å²) < 4.78 is 0. The molecule has 0 radical (unpaired) electrons. The van der Waals surface area contributed by atoms with E-state index in [-0.39, 0.29) is 18.2 Å². The number of Topliss-reactive ketones (excluding diaryl/α,β-unsaturated/α-hetero) is 1. The van der Waals surface area contributed by atoms with Crippen molar-refractivity contribution in [2.45, 2.75) is 58.2 Å². The van der Waals surface area contributed by atoms with Gasteiger partial charge in [0.15, 0.2) is 5.78 Å². The Morgan fingerprint density at radius 2 is 2.00 bits per heavy atom. The number of carbonyl (C=O) groups is 3. The summed E-state index contributed by atoms with van der Waals surface area (Å²) >= 11 is 0. The number of nitrogens with one attached hydrogen (secondary N) is 3. The average molecular weight is 342 g/mol. The van der Waals surface area contributed by atoms with Crippen molar-refractivity contribution < 1.29 is 19.5 Å². The molecule has 138 valence electrons. The van der Waals surface area contributed by atoms with E-state index in [9.17, 15) is 19.5 Å². The number of aliphatic hydroxyl groups excluding tert-OH is 1. The Hall–Kier alpha value is -1.51. The Balaban J connectivity index is 2.76. The van der Waals surface area contributed by atoms with Gasteiger partial charge in [0.1, 0.15) is 6.04 Å². The van der Waals surface area contributed by atoms with Gasteiger partial charge in [0.2, 0.25) is 11.8 Å². The molecule has 8 nitrogen and oxygen atoms in total. The second-order valence-corrected chi connectivity index (χ2v) is 6.78. The lowest BCUT2D eigenvalue weighted by Gasteiger charge is -2.34. The first-order valence-corrected chi connectivity index (χ1v) is 8.42. The minimum atomic E-state index is -1.11. The number of amides is 2. The highest BCUT2D eigenvalue weighted by atomic mass is 16.3. The highest BCUT2D eigenvalue weighted by Crippen LogP contribution is 2.25. The molecule has 0 spiro atoms. The molecule has 0 aromatic carbocycles. The molecule has 1 aliphatic rings. The van der Waals surface area contributed by atoms with Gasteiger partial charge >= 0.3 is 0 Å². The third-order valence-corrected chi connectivity index (χ3v) is 4.46. The molecule has 2 unspecified atom stereocenters. The van der Waals surface area contributed by atoms with Crippen LogP contribution in [0.2, 0.25) is 0 Å². The van der Waals surface area contributed by atoms with Gasteiger partial charge in [0, 0.05) is 6.54 Å². The smallest absolute Gasteiger partial charge is 0.245 e. The molecule has 1 fully saturated rings. The number of hydrogen-bond acceptors (Lipinski definition) is 6. The summed E-state index contributed by atoms with van der Waals surface area (Å²) in [5.41, 5.74) is 4.82. The third kappa shape index (κ3) is 5.54. The van der Waals surface area contributed by atoms with Crippen LogP contribution >= 0.6 is 0 Å². The van der Waals surface area contributed by atoms with E-state index in [0.717, 1.165) is 13.0 Å². The molecule has 2 amide bonds. The summed E-state index contributed by atoms with van der Waals surface area (Å²) in [5, 5.41) is 18.3. The van der Waals surface area contributed by atoms with Crippen LogP contribution in [-0.4, -0.2) is 60.5 Å². The van der Waals surface area contributed by atoms with Crippen molar-refractivity contribution in [3.63, 3.8) is 0 Å². The predicted octanol–water partition coefficient (Wildman–Crippen LogP) is -1.34. The van der Waals surface area contributed by atoms with Gasteiger partial charge in [-0.15, -0.1) is 0 Å². The van der Waals surface area contributed by atoms with Crippen molar-refractivity contribution in [3.05, 3.63) is 0 Å². The zero-order valence-electron chi connectivity index (χ0n) is 14.7. The highest BCUT2D eigenvalue weighted by molar-refractivity contribution is 5.93. The third-order valence-electron chi connectivity index (χ3n) is 4.46. The van der Waals surface area contributed by atoms with E-state index < -0.39 is 29.5 Å². The highest BCUT2D eigenvalue weighted by Gasteiger charge is 2.38. The van der Waals surface area contributed by atoms with Gasteiger partial charge in [-0.05, 0) is 53.1 Å². The summed E-state index contributed by atoms with van der Waals surface area (Å²) in [6.07, 6.45) is 0.810. The fraction of sp³-hybridized carbons (Fsp3) is 0.812. The van der Waals surface area contributed by atoms with Crippen molar-refractivity contribution in [3.8, 4) is 0 Å². The van der Waals surface area contributed by atoms with E-state index in [2.05, 4.69) is 16.0 Å². The van der Waals surface area contributed by atoms with Crippen LogP contribution in [0.3, 0.4) is 0 Å². The lowest BCUT2D eigenvalue weighted by Crippen LogP contribution is -2.59. The Labute approximate surface area is 142 Å². The van der Waals surface area contributed by atoms with Crippen molar-refractivity contribution >= 4 is 17.6 Å². The normalized spacial score (nSPS) is 24.5. The molecule has 0 saturated carbocycles. The molecule has 1 aliphatic heterocycles. The van der Waals surface area contributed by atoms with E-state index in [1.807, 2.05) is 6.92 Å². The molecule has 1 heterocycles. The minimum Gasteiger partial charge on any atom is -0.391 e. The molecule has 0 aromatic heterocycles. The van der Waals surface area contributed by atoms with Crippen LogP contribution in [0.25, 0.3) is 0 Å². The average Bonchev–Trinajstić information content (AvgIpc) is 2.51. The van der Waals surface area contributed by atoms with Crippen molar-refractivity contribution in [1.82, 2.24) is 16.0 Å². The van der Waals surface area contributed by atoms with Gasteiger partial charge in [-0.1, -0.05) is 0 Å². The number of rotatable bonds is 8. The molecular formula is C16H30N4O4. The lowest BCUT2D eigenvalue weighted by atomic mass is 9.81. The quantitative estimate of drug-likeness (QED) is 0.371. The van der Waals surface area contributed by atoms with Crippen LogP contribution in [0.15, 0.2) is 0 Å². The van der Waals surface area contributed by atoms with Crippen molar-refractivity contribution in [1.29, 1.82) is 0 Å². The zero-order valence-corrected chi connectivity index (χ0v) is 14.7. The van der Waals surface area contributed by atoms with Crippen LogP contribution in [0.5, 0.6) is 0 Å². The fourth-order valence-electron chi connectivity index (χ4n) is 2.78. The molecule has 0 aromatic rings. The van der Waals surface area contributed by atoms with E-state index >= 15 is 0 Å². The van der Waals surface area contributed by atoms with E-state index in [1.165, 1.54) is 13.8 Å². The van der Waals surface area contributed by atoms with Gasteiger partial charge in [0.25, 0.3) is 0 Å². The fourth-order valence-corrected chi connectivity index (χ4v) is 2.78. The number of ketones is 1. The van der Waals surface area contributed by atoms with E-state index in [0.29, 0.717) is 19.4 Å². The Kier molecular flexibility index (Phi) is 7.78. The topological polar surface area (TPSA) is 134 Å². The van der Waals surface area contributed by atoms with Crippen LogP contribution in [0, 0.1) is 5.41 Å². The van der Waals surface area contributed by atoms with Crippen LogP contribution in [-0.2, 0) is 14.4 Å². The van der Waals surface area contributed by atoms with Crippen LogP contribution in [0.4, 0.5) is 0 Å². The summed E-state index contributed by atoms with van der Waals surface area (Å²) in [5.74, 6) is -1.08. The number of piperidine rings is 1. The molecule has 4 atom stereocenters. The number of nitrogens with two attached hydrogens (primary N) is 1. The Bertz CT molecular complexity index is 461. The molecular weight excluding hydrogens is 312 g/mol. The minimum absolute atomic E-state index is 0.215. The second-order valence-electron chi connectivity index (χ2n) is 6.78. The molecule has 1 saturated heterocycles. The summed E-state index contributed by atoms with van der Waals surface area (Å²) in [4.78, 5) is 36.5. The summed E-state index contributed by atoms with van der Waals surface area (Å²) in [6, 6.07) is -1.83. The first-order chi connectivity index (χ1) is 11.2. The standard InChI is InChI=1S/C16H30N4O4/c1-10(21)12(5-7-17)19-14(23)13(11(2)22)20-15(24)16(3)6-4-8-18-9-16/h11-13,18,22H,4-9,17H2,1-3H3,(H,19,23)(H,20,24)/t11?,12-,13-,16?/m0/s1. The maximum Gasteiger partial charge on any atom is 0.245 e. The van der Waals surface area contributed by atoms with Gasteiger partial charge in [-0.3, -0.25) is 14.4 Å². The molecule has 8 heteroatoms. The maximum atomic E-state index is 12.6. The summed E-state index contributed by atoms with van der Waals surface area (Å²) in [7, 11) is 0. The summed E-state index contributed by atoms with van der Waals surface area (Å²) in [6.45, 7) is 6.26. The first kappa shape index (κ1) is 20.5. The van der Waals surface area contributed by atoms with Crippen molar-refractivity contribution in [2.75, 3.05) is 19.6 Å². The molecule has 24 heavy (non-hydrogen) atoms. The van der Waals surface area contributed by atoms with Gasteiger partial charge in [-0.2, -0.15) is 0 Å². The molecule has 6 N–H and O–H groups in total. The van der Waals surface area contributed by atoms with Gasteiger partial charge < -0.3 is 26.8 Å². The maximum absolute atomic E-state index is 12.6. The largest absolute Gasteiger partial charge is 0.391 e. The SMILES string of the molecule is CC(=O)[C@H](CCN)NC(=O)[C@@H](NC(=O)C1(C)CCCNC1)C(C)O. The van der Waals surface area contributed by atoms with Crippen molar-refractivity contribution in [2.24, 2.45) is 11.1 Å². The van der Waals surface area contributed by atoms with Crippen LogP contribution < -0.4 is 21.7 Å². The Morgan fingerprint density at radius 1 is 1.33 bits per heavy atom. The predicted molar refractivity (Wildman–Crippen MR) is 90.1 cm³/mol. The zero-order chi connectivity index (χ0) is 18.3. The molecule has 0 aliphatic carbocycles. The molecule has 0 bridgehead atoms. The lowest BCUT2D eigenvalue weighted by molar-refractivity contribution is -0.138. The number of carbonyl (C=O) groups excluding carboxylic acids is 3. The number of hydrogen-bond donors (Lipinski definition) is 5. The van der Waals surface area contributed by atoms with Gasteiger partial charge in [-0.25, -0.2) is 0 Å². The number of aliphatic hydroxyl groups is 1.